The van der Waals surface area contributed by atoms with E-state index in [1.807, 2.05) is 21.1 Å². The Morgan fingerprint density at radius 3 is 2.26 bits per heavy atom. The van der Waals surface area contributed by atoms with Crippen LogP contribution in [0.25, 0.3) is 0 Å². The summed E-state index contributed by atoms with van der Waals surface area (Å²) in [7, 11) is 5.48. The van der Waals surface area contributed by atoms with Crippen molar-refractivity contribution in [3.8, 4) is 0 Å². The number of hydrogen-bond donors (Lipinski definition) is 6. The summed E-state index contributed by atoms with van der Waals surface area (Å²) in [5, 5.41) is 50.4. The van der Waals surface area contributed by atoms with E-state index in [1.165, 1.54) is 13.0 Å². The predicted octanol–water partition coefficient (Wildman–Crippen LogP) is -3.13. The van der Waals surface area contributed by atoms with Crippen molar-refractivity contribution in [1.29, 1.82) is 0 Å². The molecule has 0 bridgehead atoms. The van der Waals surface area contributed by atoms with E-state index in [-0.39, 0.29) is 11.7 Å². The summed E-state index contributed by atoms with van der Waals surface area (Å²) in [6.07, 6.45) is -4.62. The number of likely N-dealkylation sites (N-methyl/N-ethyl adjacent to an activating group) is 1. The van der Waals surface area contributed by atoms with E-state index < -0.39 is 43.3 Å². The molecule has 0 aromatic carbocycles. The highest BCUT2D eigenvalue weighted by molar-refractivity contribution is 5.73. The van der Waals surface area contributed by atoms with Crippen molar-refractivity contribution in [2.24, 2.45) is 0 Å². The average Bonchev–Trinajstić information content (AvgIpc) is 2.43. The van der Waals surface area contributed by atoms with Crippen molar-refractivity contribution in [3.63, 3.8) is 0 Å². The van der Waals surface area contributed by atoms with Gasteiger partial charge in [0.1, 0.15) is 24.3 Å². The Labute approximate surface area is 135 Å². The minimum atomic E-state index is -1.90. The SMILES string of the molecule is CC(=O)N[C@H]1[C@H](C(O)[C@H](O)CO)OC(C(O)O)=C[C@@H]1[N+](C)(C)C. The number of nitrogens with one attached hydrogen (secondary N) is 1. The van der Waals surface area contributed by atoms with Gasteiger partial charge in [0.25, 0.3) is 0 Å². The third-order valence-corrected chi connectivity index (χ3v) is 3.77. The van der Waals surface area contributed by atoms with Crippen molar-refractivity contribution in [1.82, 2.24) is 5.32 Å². The van der Waals surface area contributed by atoms with Gasteiger partial charge in [0.15, 0.2) is 11.9 Å². The van der Waals surface area contributed by atoms with Gasteiger partial charge >= 0.3 is 0 Å². The van der Waals surface area contributed by atoms with Gasteiger partial charge in [0.05, 0.1) is 27.7 Å². The predicted molar refractivity (Wildman–Crippen MR) is 79.7 cm³/mol. The summed E-state index contributed by atoms with van der Waals surface area (Å²) >= 11 is 0. The first-order chi connectivity index (χ1) is 10.5. The largest absolute Gasteiger partial charge is 0.484 e. The number of quaternary nitrogens is 1. The number of nitrogens with zero attached hydrogens (tertiary/aromatic N) is 1. The third-order valence-electron chi connectivity index (χ3n) is 3.77. The Bertz CT molecular complexity index is 447. The number of carbonyl (C=O) groups is 1. The standard InChI is InChI=1S/C14H26N2O7/c1-7(18)15-11-8(16(2,3)4)5-10(14(21)22)23-13(11)12(20)9(19)6-17/h5,8-9,11-14,17,19-22H,6H2,1-4H3/p+1/t8-,9+,11+,12?,13+/m0/s1. The Balaban J connectivity index is 3.29. The third kappa shape index (κ3) is 4.87. The number of aliphatic hydroxyl groups is 5. The molecule has 23 heavy (non-hydrogen) atoms. The van der Waals surface area contributed by atoms with Crippen molar-refractivity contribution < 1.29 is 39.5 Å². The zero-order valence-electron chi connectivity index (χ0n) is 13.7. The molecule has 0 aromatic heterocycles. The Morgan fingerprint density at radius 1 is 1.30 bits per heavy atom. The van der Waals surface area contributed by atoms with Gasteiger partial charge in [0.2, 0.25) is 12.2 Å². The van der Waals surface area contributed by atoms with Crippen LogP contribution < -0.4 is 5.32 Å². The monoisotopic (exact) mass is 335 g/mol. The summed E-state index contributed by atoms with van der Waals surface area (Å²) in [5.74, 6) is -0.548. The molecule has 0 radical (unpaired) electrons. The first kappa shape index (κ1) is 19.8. The van der Waals surface area contributed by atoms with Crippen LogP contribution >= 0.6 is 0 Å². The molecule has 1 aliphatic heterocycles. The summed E-state index contributed by atoms with van der Waals surface area (Å²) < 4.78 is 5.68. The zero-order chi connectivity index (χ0) is 17.9. The van der Waals surface area contributed by atoms with Gasteiger partial charge in [-0.3, -0.25) is 4.79 Å². The molecule has 6 N–H and O–H groups in total. The minimum absolute atomic E-state index is 0.182. The molecular weight excluding hydrogens is 308 g/mol. The second-order valence-electron chi connectivity index (χ2n) is 6.60. The molecule has 134 valence electrons. The molecule has 0 saturated carbocycles. The molecule has 1 aliphatic rings. The molecule has 0 aliphatic carbocycles. The summed E-state index contributed by atoms with van der Waals surface area (Å²) in [6, 6.07) is -1.21. The topological polar surface area (TPSA) is 139 Å². The van der Waals surface area contributed by atoms with Crippen LogP contribution in [0.2, 0.25) is 0 Å². The van der Waals surface area contributed by atoms with E-state index in [0.29, 0.717) is 4.48 Å². The van der Waals surface area contributed by atoms with Gasteiger partial charge < -0.3 is 40.1 Å². The molecule has 0 fully saturated rings. The first-order valence-electron chi connectivity index (χ1n) is 7.28. The maximum Gasteiger partial charge on any atom is 0.217 e. The van der Waals surface area contributed by atoms with Crippen molar-refractivity contribution >= 4 is 5.91 Å². The van der Waals surface area contributed by atoms with Gasteiger partial charge in [-0.1, -0.05) is 0 Å². The van der Waals surface area contributed by atoms with E-state index >= 15 is 0 Å². The van der Waals surface area contributed by atoms with Crippen LogP contribution in [-0.4, -0.2) is 100 Å². The fourth-order valence-electron chi connectivity index (χ4n) is 2.60. The van der Waals surface area contributed by atoms with Crippen molar-refractivity contribution in [2.45, 2.75) is 43.6 Å². The van der Waals surface area contributed by atoms with E-state index in [0.717, 1.165) is 0 Å². The van der Waals surface area contributed by atoms with Gasteiger partial charge in [-0.15, -0.1) is 0 Å². The Hall–Kier alpha value is -1.23. The van der Waals surface area contributed by atoms with Crippen LogP contribution in [-0.2, 0) is 9.53 Å². The van der Waals surface area contributed by atoms with E-state index in [1.54, 1.807) is 0 Å². The van der Waals surface area contributed by atoms with Gasteiger partial charge in [-0.05, 0) is 0 Å². The molecule has 0 spiro atoms. The number of carbonyl (C=O) groups excluding carboxylic acids is 1. The molecule has 1 amide bonds. The van der Waals surface area contributed by atoms with Crippen LogP contribution in [0.1, 0.15) is 6.92 Å². The highest BCUT2D eigenvalue weighted by Gasteiger charge is 2.47. The molecule has 9 heteroatoms. The lowest BCUT2D eigenvalue weighted by Crippen LogP contribution is -2.66. The molecule has 0 aromatic rings. The van der Waals surface area contributed by atoms with Crippen LogP contribution in [0, 0.1) is 0 Å². The van der Waals surface area contributed by atoms with Gasteiger partial charge in [-0.2, -0.15) is 0 Å². The van der Waals surface area contributed by atoms with Crippen molar-refractivity contribution in [3.05, 3.63) is 11.8 Å². The van der Waals surface area contributed by atoms with Crippen LogP contribution in [0.3, 0.4) is 0 Å². The van der Waals surface area contributed by atoms with E-state index in [2.05, 4.69) is 5.32 Å². The molecule has 1 rings (SSSR count). The fourth-order valence-corrected chi connectivity index (χ4v) is 2.60. The van der Waals surface area contributed by atoms with E-state index in [9.17, 15) is 25.2 Å². The zero-order valence-corrected chi connectivity index (χ0v) is 13.7. The molecule has 1 heterocycles. The summed E-state index contributed by atoms with van der Waals surface area (Å²) in [4.78, 5) is 11.5. The maximum absolute atomic E-state index is 11.5. The highest BCUT2D eigenvalue weighted by atomic mass is 16.6. The minimum Gasteiger partial charge on any atom is -0.484 e. The Morgan fingerprint density at radius 2 is 1.87 bits per heavy atom. The lowest BCUT2D eigenvalue weighted by molar-refractivity contribution is -0.891. The Kier molecular flexibility index (Phi) is 6.51. The van der Waals surface area contributed by atoms with E-state index in [4.69, 9.17) is 9.84 Å². The number of ether oxygens (including phenoxy) is 1. The quantitative estimate of drug-likeness (QED) is 0.223. The second-order valence-corrected chi connectivity index (χ2v) is 6.60. The fraction of sp³-hybridized carbons (Fsp3) is 0.786. The van der Waals surface area contributed by atoms with Crippen LogP contribution in [0.15, 0.2) is 11.8 Å². The van der Waals surface area contributed by atoms with Crippen LogP contribution in [0.5, 0.6) is 0 Å². The van der Waals surface area contributed by atoms with Gasteiger partial charge in [-0.25, -0.2) is 0 Å². The summed E-state index contributed by atoms with van der Waals surface area (Å²) in [5.41, 5.74) is 0. The van der Waals surface area contributed by atoms with Crippen molar-refractivity contribution in [2.75, 3.05) is 27.7 Å². The molecular formula is C14H27N2O7+. The number of aliphatic hydroxyl groups excluding tert-OH is 4. The van der Waals surface area contributed by atoms with Gasteiger partial charge in [0, 0.05) is 13.0 Å². The van der Waals surface area contributed by atoms with Crippen LogP contribution in [0.4, 0.5) is 0 Å². The highest BCUT2D eigenvalue weighted by Crippen LogP contribution is 2.28. The molecule has 0 saturated heterocycles. The lowest BCUT2D eigenvalue weighted by atomic mass is 9.90. The number of rotatable bonds is 6. The molecule has 9 nitrogen and oxygen atoms in total. The lowest BCUT2D eigenvalue weighted by Gasteiger charge is -2.45. The average molecular weight is 335 g/mol. The number of amides is 1. The molecule has 1 unspecified atom stereocenters. The molecule has 5 atom stereocenters. The number of hydrogen-bond acceptors (Lipinski definition) is 7. The first-order valence-corrected chi connectivity index (χ1v) is 7.28. The maximum atomic E-state index is 11.5. The normalized spacial score (nSPS) is 27.9. The summed E-state index contributed by atoms with van der Waals surface area (Å²) in [6.45, 7) is 0.600. The second kappa shape index (κ2) is 7.56. The smallest absolute Gasteiger partial charge is 0.217 e.